The first-order valence-electron chi connectivity index (χ1n) is 15.4. The topological polar surface area (TPSA) is 289 Å². The summed E-state index contributed by atoms with van der Waals surface area (Å²) >= 11 is 0. The number of amides is 3. The molecule has 0 aromatic heterocycles. The number of hydrogen-bond acceptors (Lipinski definition) is 12. The van der Waals surface area contributed by atoms with Crippen LogP contribution in [-0.4, -0.2) is 37.9 Å². The van der Waals surface area contributed by atoms with Gasteiger partial charge in [0.25, 0.3) is 26.1 Å². The third kappa shape index (κ3) is 9.95. The fourth-order valence-corrected chi connectivity index (χ4v) is 6.57. The van der Waals surface area contributed by atoms with Crippen LogP contribution in [0.5, 0.6) is 11.5 Å². The molecule has 6 N–H and O–H groups in total. The van der Waals surface area contributed by atoms with Gasteiger partial charge in [-0.25, -0.2) is 4.79 Å². The van der Waals surface area contributed by atoms with Crippen LogP contribution in [0.1, 0.15) is 15.9 Å². The van der Waals surface area contributed by atoms with E-state index in [0.29, 0.717) is 5.69 Å². The molecule has 0 saturated carbocycles. The molecular weight excluding hydrogens is 789 g/mol. The maximum absolute atomic E-state index is 13.3. The zero-order valence-corrected chi connectivity index (χ0v) is 35.2. The third-order valence-corrected chi connectivity index (χ3v) is 9.57. The van der Waals surface area contributed by atoms with E-state index in [0.717, 1.165) is 17.7 Å². The Bertz CT molecular complexity index is 2800. The number of azo groups is 2. The van der Waals surface area contributed by atoms with Crippen molar-refractivity contribution < 1.29 is 105 Å². The average molecular weight is 814 g/mol. The van der Waals surface area contributed by atoms with E-state index in [1.54, 1.807) is 24.3 Å². The number of hydrogen-bond donors (Lipinski definition) is 5. The van der Waals surface area contributed by atoms with Crippen LogP contribution in [0.2, 0.25) is 0 Å². The summed E-state index contributed by atoms with van der Waals surface area (Å²) in [6.45, 7) is 1.86. The van der Waals surface area contributed by atoms with E-state index in [-0.39, 0.29) is 103 Å². The molecule has 0 unspecified atom stereocenters. The molecule has 17 nitrogen and oxygen atoms in total. The number of nitrogens with zero attached hydrogens (tertiary/aromatic N) is 4. The number of anilines is 2. The number of carbonyl (C=O) groups is 2. The number of aryl methyl sites for hydroxylation is 1. The van der Waals surface area contributed by atoms with E-state index >= 15 is 0 Å². The number of fused-ring (bicyclic) bond motifs is 2. The molecule has 0 aliphatic carbocycles. The van der Waals surface area contributed by atoms with Gasteiger partial charge in [-0.05, 0) is 101 Å². The molecule has 0 heterocycles. The number of nitrogens with two attached hydrogens (primary N) is 1. The Morgan fingerprint density at radius 2 is 1.02 bits per heavy atom. The number of benzene rings is 6. The van der Waals surface area contributed by atoms with Crippen LogP contribution < -0.4 is 85.7 Å². The Morgan fingerprint density at radius 3 is 1.43 bits per heavy atom. The standard InChI is InChI=1S/C35H27N7O10S2.2Na/c1-18-2-6-22(7-3-18)39-41-30-28(53(47,48)49)16-20-14-24(10-12-26(20)32(30)43)37-34(45)19-4-8-23(9-5-19)40-42-31-29(54(50,51)52)17-21-15-25(38-35(36)46)11-13-27(21)33(31)44;;/h2-17,43-44H,1H3,(H,37,45)(H3,36,38,46)(H,47,48,49)(H,50,51,52);;/q;2*+1/p-2. The van der Waals surface area contributed by atoms with Crippen LogP contribution >= 0.6 is 0 Å². The monoisotopic (exact) mass is 813 g/mol. The molecule has 0 atom stereocenters. The molecule has 0 saturated heterocycles. The van der Waals surface area contributed by atoms with Gasteiger partial charge < -0.3 is 26.6 Å². The second kappa shape index (κ2) is 17.6. The van der Waals surface area contributed by atoms with Crippen LogP contribution in [0.4, 0.5) is 38.9 Å². The normalized spacial score (nSPS) is 11.7. The fourth-order valence-electron chi connectivity index (χ4n) is 5.27. The summed E-state index contributed by atoms with van der Waals surface area (Å²) in [6, 6.07) is 21.3. The van der Waals surface area contributed by atoms with Crippen molar-refractivity contribution in [1.82, 2.24) is 0 Å². The van der Waals surface area contributed by atoms with Gasteiger partial charge in [0.15, 0.2) is 0 Å². The van der Waals surface area contributed by atoms with E-state index in [1.807, 2.05) is 6.92 Å². The van der Waals surface area contributed by atoms with Crippen LogP contribution in [0.25, 0.3) is 21.5 Å². The van der Waals surface area contributed by atoms with E-state index in [4.69, 9.17) is 5.73 Å². The molecule has 274 valence electrons. The fraction of sp³-hybridized carbons (Fsp3) is 0.0286. The van der Waals surface area contributed by atoms with Gasteiger partial charge >= 0.3 is 65.1 Å². The summed E-state index contributed by atoms with van der Waals surface area (Å²) in [6.07, 6.45) is 0. The minimum atomic E-state index is -4.97. The third-order valence-electron chi connectivity index (χ3n) is 7.84. The Labute approximate surface area is 362 Å². The smallest absolute Gasteiger partial charge is 0.871 e. The molecule has 56 heavy (non-hydrogen) atoms. The van der Waals surface area contributed by atoms with Crippen molar-refractivity contribution >= 4 is 87.8 Å². The van der Waals surface area contributed by atoms with Crippen molar-refractivity contribution in [3.05, 3.63) is 108 Å². The summed E-state index contributed by atoms with van der Waals surface area (Å²) in [5, 5.41) is 47.0. The van der Waals surface area contributed by atoms with E-state index in [2.05, 4.69) is 31.1 Å². The summed E-state index contributed by atoms with van der Waals surface area (Å²) in [7, 11) is -9.89. The number of urea groups is 1. The van der Waals surface area contributed by atoms with Gasteiger partial charge in [0.1, 0.15) is 9.79 Å². The Hall–Kier alpha value is -4.80. The van der Waals surface area contributed by atoms with Crippen molar-refractivity contribution in [3.8, 4) is 11.5 Å². The maximum Gasteiger partial charge on any atom is 1.00 e. The van der Waals surface area contributed by atoms with Crippen LogP contribution in [-0.2, 0) is 20.2 Å². The summed E-state index contributed by atoms with van der Waals surface area (Å²) in [4.78, 5) is 22.7. The molecule has 0 aliphatic rings. The molecule has 0 bridgehead atoms. The minimum Gasteiger partial charge on any atom is -0.871 e. The summed E-state index contributed by atoms with van der Waals surface area (Å²) in [5.41, 5.74) is 5.67. The second-order valence-electron chi connectivity index (χ2n) is 11.7. The van der Waals surface area contributed by atoms with Gasteiger partial charge in [-0.3, -0.25) is 13.9 Å². The molecule has 0 fully saturated rings. The van der Waals surface area contributed by atoms with Gasteiger partial charge in [-0.15, -0.1) is 10.2 Å². The molecule has 0 radical (unpaired) electrons. The summed E-state index contributed by atoms with van der Waals surface area (Å²) < 4.78 is 68.5. The molecule has 0 spiro atoms. The zero-order valence-electron chi connectivity index (χ0n) is 29.6. The Morgan fingerprint density at radius 1 is 0.607 bits per heavy atom. The predicted octanol–water partition coefficient (Wildman–Crippen LogP) is 0.524. The Kier molecular flexibility index (Phi) is 13.8. The van der Waals surface area contributed by atoms with Crippen molar-refractivity contribution in [3.63, 3.8) is 0 Å². The van der Waals surface area contributed by atoms with Gasteiger partial charge in [0.2, 0.25) is 0 Å². The molecule has 3 amide bonds. The minimum absolute atomic E-state index is 0. The Balaban J connectivity index is 0.00000348. The van der Waals surface area contributed by atoms with Crippen LogP contribution in [0.15, 0.2) is 127 Å². The number of nitrogens with one attached hydrogen (secondary N) is 2. The van der Waals surface area contributed by atoms with Gasteiger partial charge in [-0.2, -0.15) is 27.1 Å². The first-order chi connectivity index (χ1) is 25.5. The number of primary amides is 1. The van der Waals surface area contributed by atoms with E-state index < -0.39 is 64.8 Å². The first-order valence-corrected chi connectivity index (χ1v) is 18.2. The molecule has 6 rings (SSSR count). The average Bonchev–Trinajstić information content (AvgIpc) is 3.10. The molecule has 21 heteroatoms. The number of rotatable bonds is 9. The van der Waals surface area contributed by atoms with E-state index in [1.165, 1.54) is 60.7 Å². The van der Waals surface area contributed by atoms with Crippen molar-refractivity contribution in [2.45, 2.75) is 16.7 Å². The molecule has 0 aliphatic heterocycles. The van der Waals surface area contributed by atoms with Crippen molar-refractivity contribution in [2.24, 2.45) is 26.2 Å². The van der Waals surface area contributed by atoms with Gasteiger partial charge in [-0.1, -0.05) is 41.3 Å². The van der Waals surface area contributed by atoms with Crippen LogP contribution in [0.3, 0.4) is 0 Å². The first kappa shape index (κ1) is 43.9. The molecule has 6 aromatic carbocycles. The SMILES string of the molecule is Cc1ccc(N=Nc2c(S(=O)(=O)O)cc3cc(NC(=O)c4ccc(N=Nc5c(S(=O)(=O)O)cc6cc(NC(N)=O)ccc6c5[O-])cc4)ccc3c2[O-])cc1.[Na+].[Na+]. The van der Waals surface area contributed by atoms with Gasteiger partial charge in [0, 0.05) is 16.9 Å². The van der Waals surface area contributed by atoms with E-state index in [9.17, 15) is 45.7 Å². The van der Waals surface area contributed by atoms with Crippen LogP contribution in [0, 0.1) is 6.92 Å². The second-order valence-corrected chi connectivity index (χ2v) is 14.4. The largest absolute Gasteiger partial charge is 1.00 e. The zero-order chi connectivity index (χ0) is 38.9. The summed E-state index contributed by atoms with van der Waals surface area (Å²) in [5.74, 6) is -2.33. The molecular formula is C35H25N7Na2O10S2. The van der Waals surface area contributed by atoms with Crippen molar-refractivity contribution in [1.29, 1.82) is 0 Å². The predicted molar refractivity (Wildman–Crippen MR) is 194 cm³/mol. The van der Waals surface area contributed by atoms with Crippen molar-refractivity contribution in [2.75, 3.05) is 10.6 Å². The maximum atomic E-state index is 13.3. The number of carbonyl (C=O) groups excluding carboxylic acids is 2. The van der Waals surface area contributed by atoms with Gasteiger partial charge in [0.05, 0.1) is 22.7 Å². The molecule has 6 aromatic rings. The quantitative estimate of drug-likeness (QED) is 0.0766.